The molecule has 2 unspecified atom stereocenters. The van der Waals surface area contributed by atoms with Crippen LogP contribution in [-0.4, -0.2) is 27.7 Å². The topological polar surface area (TPSA) is 58.0 Å². The molecule has 1 heterocycles. The summed E-state index contributed by atoms with van der Waals surface area (Å²) in [6.45, 7) is 0.766. The van der Waals surface area contributed by atoms with Crippen LogP contribution in [0.25, 0.3) is 0 Å². The molecule has 0 bridgehead atoms. The van der Waals surface area contributed by atoms with Gasteiger partial charge in [-0.1, -0.05) is 12.8 Å². The van der Waals surface area contributed by atoms with Crippen LogP contribution < -0.4 is 5.32 Å². The van der Waals surface area contributed by atoms with Crippen molar-refractivity contribution in [2.45, 2.75) is 31.8 Å². The van der Waals surface area contributed by atoms with Gasteiger partial charge in [-0.2, -0.15) is 0 Å². The Labute approximate surface area is 109 Å². The second-order valence-electron chi connectivity index (χ2n) is 4.22. The molecule has 0 amide bonds. The number of aromatic nitrogens is 2. The molecule has 1 aromatic heterocycles. The summed E-state index contributed by atoms with van der Waals surface area (Å²) in [5.41, 5.74) is 0. The highest BCUT2D eigenvalue weighted by Gasteiger charge is 2.22. The zero-order valence-electron chi connectivity index (χ0n) is 9.06. The van der Waals surface area contributed by atoms with E-state index in [4.69, 9.17) is 0 Å². The van der Waals surface area contributed by atoms with Gasteiger partial charge in [-0.15, -0.1) is 0 Å². The van der Waals surface area contributed by atoms with Gasteiger partial charge in [0.15, 0.2) is 0 Å². The molecule has 88 valence electrons. The van der Waals surface area contributed by atoms with E-state index in [2.05, 4.69) is 37.9 Å². The molecule has 4 nitrogen and oxygen atoms in total. The third-order valence-electron chi connectivity index (χ3n) is 3.01. The number of aliphatic hydroxyl groups is 1. The lowest BCUT2D eigenvalue weighted by molar-refractivity contribution is 0.0762. The predicted octanol–water partition coefficient (Wildman–Crippen LogP) is 2.04. The summed E-state index contributed by atoms with van der Waals surface area (Å²) in [5, 5.41) is 13.0. The Hall–Kier alpha value is -0.430. The fourth-order valence-electron chi connectivity index (χ4n) is 2.05. The smallest absolute Gasteiger partial charge is 0.222 e. The van der Waals surface area contributed by atoms with Crippen molar-refractivity contribution in [3.05, 3.63) is 16.0 Å². The maximum absolute atomic E-state index is 9.81. The largest absolute Gasteiger partial charge is 0.393 e. The number of nitrogens with zero attached hydrogens (tertiary/aromatic N) is 2. The summed E-state index contributed by atoms with van der Waals surface area (Å²) in [5.74, 6) is 0.995. The number of nitrogens with one attached hydrogen (secondary N) is 1. The van der Waals surface area contributed by atoms with Crippen molar-refractivity contribution in [2.75, 3.05) is 11.9 Å². The van der Waals surface area contributed by atoms with Crippen LogP contribution in [0.4, 0.5) is 5.95 Å². The van der Waals surface area contributed by atoms with E-state index in [1.54, 1.807) is 12.4 Å². The van der Waals surface area contributed by atoms with Crippen molar-refractivity contribution >= 4 is 28.5 Å². The first-order valence-corrected chi connectivity index (χ1v) is 6.73. The molecule has 2 rings (SSSR count). The maximum Gasteiger partial charge on any atom is 0.222 e. The number of aliphatic hydroxyl groups excluding tert-OH is 1. The second kappa shape index (κ2) is 5.77. The average molecular weight is 333 g/mol. The van der Waals surface area contributed by atoms with Crippen molar-refractivity contribution in [3.63, 3.8) is 0 Å². The maximum atomic E-state index is 9.81. The molecular formula is C11H16IN3O. The zero-order valence-corrected chi connectivity index (χ0v) is 11.2. The molecule has 1 aliphatic rings. The van der Waals surface area contributed by atoms with Gasteiger partial charge in [-0.25, -0.2) is 9.97 Å². The summed E-state index contributed by atoms with van der Waals surface area (Å²) >= 11 is 2.18. The first kappa shape index (κ1) is 12.0. The molecule has 1 aliphatic carbocycles. The Balaban J connectivity index is 1.84. The standard InChI is InChI=1S/C11H16IN3O/c12-9-6-14-11(15-7-9)13-5-8-3-1-2-4-10(8)16/h6-8,10,16H,1-5H2,(H,13,14,15). The van der Waals surface area contributed by atoms with E-state index in [0.717, 1.165) is 29.4 Å². The Kier molecular flexibility index (Phi) is 4.34. The van der Waals surface area contributed by atoms with E-state index in [1.165, 1.54) is 6.42 Å². The Bertz CT molecular complexity index is 331. The number of anilines is 1. The van der Waals surface area contributed by atoms with Gasteiger partial charge in [0.2, 0.25) is 5.95 Å². The van der Waals surface area contributed by atoms with E-state index in [9.17, 15) is 5.11 Å². The second-order valence-corrected chi connectivity index (χ2v) is 5.46. The molecule has 0 radical (unpaired) electrons. The first-order valence-electron chi connectivity index (χ1n) is 5.65. The molecule has 0 spiro atoms. The highest BCUT2D eigenvalue weighted by Crippen LogP contribution is 2.24. The van der Waals surface area contributed by atoms with E-state index in [0.29, 0.717) is 11.9 Å². The molecule has 2 atom stereocenters. The molecule has 0 aliphatic heterocycles. The first-order chi connectivity index (χ1) is 7.75. The van der Waals surface area contributed by atoms with E-state index in [-0.39, 0.29) is 6.10 Å². The Morgan fingerprint density at radius 1 is 1.31 bits per heavy atom. The quantitative estimate of drug-likeness (QED) is 0.832. The van der Waals surface area contributed by atoms with Crippen LogP contribution in [0.15, 0.2) is 12.4 Å². The van der Waals surface area contributed by atoms with Gasteiger partial charge in [0.1, 0.15) is 0 Å². The minimum absolute atomic E-state index is 0.162. The molecule has 16 heavy (non-hydrogen) atoms. The van der Waals surface area contributed by atoms with Crippen molar-refractivity contribution in [3.8, 4) is 0 Å². The summed E-state index contributed by atoms with van der Waals surface area (Å²) in [6, 6.07) is 0. The highest BCUT2D eigenvalue weighted by molar-refractivity contribution is 14.1. The molecule has 2 N–H and O–H groups in total. The normalized spacial score (nSPS) is 25.4. The van der Waals surface area contributed by atoms with Crippen molar-refractivity contribution in [1.29, 1.82) is 0 Å². The van der Waals surface area contributed by atoms with Gasteiger partial charge >= 0.3 is 0 Å². The van der Waals surface area contributed by atoms with Crippen molar-refractivity contribution in [1.82, 2.24) is 9.97 Å². The van der Waals surface area contributed by atoms with Crippen LogP contribution in [0.1, 0.15) is 25.7 Å². The lowest BCUT2D eigenvalue weighted by atomic mass is 9.86. The van der Waals surface area contributed by atoms with E-state index < -0.39 is 0 Å². The Morgan fingerprint density at radius 2 is 2.00 bits per heavy atom. The molecule has 1 saturated carbocycles. The van der Waals surface area contributed by atoms with Crippen molar-refractivity contribution < 1.29 is 5.11 Å². The number of halogens is 1. The van der Waals surface area contributed by atoms with Crippen LogP contribution in [-0.2, 0) is 0 Å². The molecular weight excluding hydrogens is 317 g/mol. The van der Waals surface area contributed by atoms with Gasteiger partial charge in [0.05, 0.1) is 6.10 Å². The summed E-state index contributed by atoms with van der Waals surface area (Å²) < 4.78 is 1.03. The van der Waals surface area contributed by atoms with E-state index >= 15 is 0 Å². The fourth-order valence-corrected chi connectivity index (χ4v) is 2.33. The van der Waals surface area contributed by atoms with Gasteiger partial charge in [-0.3, -0.25) is 0 Å². The molecule has 1 aromatic rings. The molecule has 0 saturated heterocycles. The molecule has 0 aromatic carbocycles. The molecule has 5 heteroatoms. The van der Waals surface area contributed by atoms with Gasteiger partial charge in [-0.05, 0) is 35.4 Å². The third-order valence-corrected chi connectivity index (χ3v) is 3.57. The van der Waals surface area contributed by atoms with Gasteiger partial charge in [0, 0.05) is 28.4 Å². The summed E-state index contributed by atoms with van der Waals surface area (Å²) in [6.07, 6.45) is 7.80. The van der Waals surface area contributed by atoms with Crippen LogP contribution in [0.3, 0.4) is 0 Å². The van der Waals surface area contributed by atoms with E-state index in [1.807, 2.05) is 0 Å². The number of rotatable bonds is 3. The number of hydrogen-bond donors (Lipinski definition) is 2. The SMILES string of the molecule is OC1CCCCC1CNc1ncc(I)cn1. The van der Waals surface area contributed by atoms with Crippen LogP contribution in [0.5, 0.6) is 0 Å². The monoisotopic (exact) mass is 333 g/mol. The summed E-state index contributed by atoms with van der Waals surface area (Å²) in [7, 11) is 0. The molecule has 1 fully saturated rings. The minimum Gasteiger partial charge on any atom is -0.393 e. The van der Waals surface area contributed by atoms with Gasteiger partial charge < -0.3 is 10.4 Å². The number of hydrogen-bond acceptors (Lipinski definition) is 4. The lowest BCUT2D eigenvalue weighted by Crippen LogP contribution is -2.30. The average Bonchev–Trinajstić information content (AvgIpc) is 2.30. The Morgan fingerprint density at radius 3 is 2.69 bits per heavy atom. The third kappa shape index (κ3) is 3.28. The minimum atomic E-state index is -0.162. The zero-order chi connectivity index (χ0) is 11.4. The van der Waals surface area contributed by atoms with Crippen molar-refractivity contribution in [2.24, 2.45) is 5.92 Å². The predicted molar refractivity (Wildman–Crippen MR) is 71.2 cm³/mol. The lowest BCUT2D eigenvalue weighted by Gasteiger charge is -2.27. The van der Waals surface area contributed by atoms with Crippen LogP contribution >= 0.6 is 22.6 Å². The highest BCUT2D eigenvalue weighted by atomic mass is 127. The fraction of sp³-hybridized carbons (Fsp3) is 0.636. The van der Waals surface area contributed by atoms with Gasteiger partial charge in [0.25, 0.3) is 0 Å². The summed E-state index contributed by atoms with van der Waals surface area (Å²) in [4.78, 5) is 8.35. The van der Waals surface area contributed by atoms with Crippen LogP contribution in [0.2, 0.25) is 0 Å². The van der Waals surface area contributed by atoms with Crippen LogP contribution in [0, 0.1) is 9.49 Å².